The van der Waals surface area contributed by atoms with Crippen molar-refractivity contribution in [1.82, 2.24) is 64.2 Å². The number of ether oxygens (including phenoxy) is 6. The minimum atomic E-state index is -1.33. The number of isocyanates is 1. The monoisotopic (exact) mass is 1920 g/mol. The maximum atomic E-state index is 14.3. The molecule has 7 amide bonds. The van der Waals surface area contributed by atoms with Crippen molar-refractivity contribution in [2.24, 2.45) is 40.5 Å². The van der Waals surface area contributed by atoms with Gasteiger partial charge in [0.1, 0.15) is 43.2 Å². The van der Waals surface area contributed by atoms with E-state index in [4.69, 9.17) is 43.2 Å². The number of H-pyrrole nitrogens is 2. The van der Waals surface area contributed by atoms with Gasteiger partial charge in [0.2, 0.25) is 35.6 Å². The number of carbonyl (C=O) groups is 9. The van der Waals surface area contributed by atoms with E-state index in [1.807, 2.05) is 180 Å². The number of rotatable bonds is 33. The van der Waals surface area contributed by atoms with Gasteiger partial charge in [-0.25, -0.2) is 29.3 Å². The molecule has 740 valence electrons. The third-order valence-electron chi connectivity index (χ3n) is 25.9. The molecule has 8 aromatic rings. The number of piperidine rings is 1. The number of hydrogen-bond acceptors (Lipinski definition) is 19. The zero-order valence-electron chi connectivity index (χ0n) is 84.2. The number of aromatic nitrogens is 6. The standard InChI is InChI=1S/C57H82N6O8Si2.C47H57N7O7.C2H3NO/c1-40(2)46(36-52(64)68-5)55(65)62-30-14-13-16-51(62)54-58-47(37-60(54)38-70-32-34-72(7,8)9)44-24-20-42(21-25-44)18-19-43-22-26-45(27-23-43)48-28-29-50(63(48)39-71-33-35-73(10,11)12)49-17-15-31-61(49)56(66)53(41(3)4)59-57(67)69-6;1-8-41(55)52-24-25-54(45(57)35(29(2)3)26-42(56)60-6)40(28-52)44-48-27-38(50-44)34-19-15-32(16-20-34)12-11-31-13-17-33(18-14-31)36-21-22-37(49-36)39-10-9-23-53(39)46(58)43(30(4)5)51-47(59)61-7;1-3-2-4/h20-29,37,40-41,46,49,51,53H,13-17,30-36,38-39H2,1-12H3,(H,59,67);13-22,27,29-30,35,39-40,43,49H,8-10,23-26,28H2,1-7H3,(H,48,50)(H,51,59);1H3/t46-,49-,51-,53-;35-,39-,40-,43-;/m00./s1. The molecule has 8 heterocycles. The Bertz CT molecular complexity index is 5620. The Labute approximate surface area is 815 Å². The van der Waals surface area contributed by atoms with Crippen molar-refractivity contribution in [1.29, 1.82) is 0 Å². The molecule has 4 N–H and O–H groups in total. The summed E-state index contributed by atoms with van der Waals surface area (Å²) in [5.74, 6) is 12.0. The lowest BCUT2D eigenvalue weighted by atomic mass is 9.89. The summed E-state index contributed by atoms with van der Waals surface area (Å²) in [5.41, 5.74) is 12.7. The average Bonchev–Trinajstić information content (AvgIpc) is 1.63. The van der Waals surface area contributed by atoms with Gasteiger partial charge in [-0.05, 0) is 170 Å². The molecule has 0 unspecified atom stereocenters. The predicted molar refractivity (Wildman–Crippen MR) is 537 cm³/mol. The minimum absolute atomic E-state index is 0.0108. The molecule has 4 aliphatic heterocycles. The van der Waals surface area contributed by atoms with Crippen LogP contribution in [0, 0.1) is 59.2 Å². The molecule has 30 nitrogen and oxygen atoms in total. The molecule has 0 bridgehead atoms. The van der Waals surface area contributed by atoms with Crippen LogP contribution in [0.3, 0.4) is 0 Å². The Morgan fingerprint density at radius 1 is 0.486 bits per heavy atom. The Balaban J connectivity index is 0.000000278. The van der Waals surface area contributed by atoms with Gasteiger partial charge < -0.3 is 82.7 Å². The van der Waals surface area contributed by atoms with E-state index in [2.05, 4.69) is 122 Å². The van der Waals surface area contributed by atoms with E-state index < -0.39 is 64.3 Å². The van der Waals surface area contributed by atoms with Crippen LogP contribution in [-0.2, 0) is 80.2 Å². The number of amides is 7. The lowest BCUT2D eigenvalue weighted by molar-refractivity contribution is -0.152. The molecular formula is C106H142N14O16Si2. The number of imidazole rings is 2. The number of aliphatic imine (C=N–C) groups is 1. The third kappa shape index (κ3) is 29.3. The van der Waals surface area contributed by atoms with Crippen LogP contribution in [-0.4, -0.2) is 230 Å². The second-order valence-corrected chi connectivity index (χ2v) is 50.7. The quantitative estimate of drug-likeness (QED) is 0.00564. The number of likely N-dealkylation sites (tertiary alicyclic amines) is 3. The van der Waals surface area contributed by atoms with Gasteiger partial charge in [-0.15, -0.1) is 0 Å². The summed E-state index contributed by atoms with van der Waals surface area (Å²) >= 11 is 0. The highest BCUT2D eigenvalue weighted by Crippen LogP contribution is 2.41. The van der Waals surface area contributed by atoms with Crippen LogP contribution in [0.15, 0.2) is 139 Å². The van der Waals surface area contributed by atoms with Gasteiger partial charge in [-0.2, -0.15) is 0 Å². The Morgan fingerprint density at radius 3 is 1.41 bits per heavy atom. The Hall–Kier alpha value is -12.5. The number of methoxy groups -OCH3 is 4. The normalized spacial score (nSPS) is 16.9. The lowest BCUT2D eigenvalue weighted by Crippen LogP contribution is -2.54. The van der Waals surface area contributed by atoms with Gasteiger partial charge in [0.25, 0.3) is 0 Å². The smallest absolute Gasteiger partial charge is 0.407 e. The van der Waals surface area contributed by atoms with Gasteiger partial charge in [-0.1, -0.05) is 174 Å². The van der Waals surface area contributed by atoms with Crippen LogP contribution < -0.4 is 10.6 Å². The fraction of sp³-hybridized carbons (Fsp3) is 0.509. The molecule has 12 rings (SSSR count). The summed E-state index contributed by atoms with van der Waals surface area (Å²) in [7, 11) is 4.03. The molecule has 4 saturated heterocycles. The number of aromatic amines is 2. The Morgan fingerprint density at radius 2 is 0.935 bits per heavy atom. The van der Waals surface area contributed by atoms with Gasteiger partial charge in [0.05, 0.1) is 94.5 Å². The zero-order chi connectivity index (χ0) is 100. The number of esters is 2. The minimum Gasteiger partial charge on any atom is -0.469 e. The van der Waals surface area contributed by atoms with E-state index in [1.165, 1.54) is 41.6 Å². The summed E-state index contributed by atoms with van der Waals surface area (Å²) < 4.78 is 36.4. The molecule has 4 aromatic heterocycles. The molecule has 4 aromatic carbocycles. The van der Waals surface area contributed by atoms with Gasteiger partial charge >= 0.3 is 24.1 Å². The molecule has 0 spiro atoms. The van der Waals surface area contributed by atoms with E-state index >= 15 is 0 Å². The van der Waals surface area contributed by atoms with Crippen LogP contribution >= 0.6 is 0 Å². The van der Waals surface area contributed by atoms with Crippen LogP contribution in [0.2, 0.25) is 51.4 Å². The summed E-state index contributed by atoms with van der Waals surface area (Å²) in [6.07, 6.45) is 10.2. The van der Waals surface area contributed by atoms with Gasteiger partial charge in [0, 0.05) is 133 Å². The van der Waals surface area contributed by atoms with Crippen molar-refractivity contribution >= 4 is 75.9 Å². The van der Waals surface area contributed by atoms with Crippen LogP contribution in [0.25, 0.3) is 45.0 Å². The van der Waals surface area contributed by atoms with Crippen molar-refractivity contribution in [2.45, 2.75) is 228 Å². The van der Waals surface area contributed by atoms with Crippen molar-refractivity contribution in [3.63, 3.8) is 0 Å². The Kier molecular flexibility index (Phi) is 39.6. The number of nitrogens with zero attached hydrogens (tertiary/aromatic N) is 10. The summed E-state index contributed by atoms with van der Waals surface area (Å²) in [5, 5.41) is 5.48. The van der Waals surface area contributed by atoms with Gasteiger partial charge in [0.15, 0.2) is 0 Å². The van der Waals surface area contributed by atoms with Gasteiger partial charge in [-0.3, -0.25) is 33.6 Å². The highest BCUT2D eigenvalue weighted by atomic mass is 28.3. The first-order chi connectivity index (χ1) is 65.9. The molecule has 0 saturated carbocycles. The topological polar surface area (TPSA) is 346 Å². The number of carbonyl (C=O) groups excluding carboxylic acids is 10. The maximum Gasteiger partial charge on any atom is 0.407 e. The van der Waals surface area contributed by atoms with Crippen LogP contribution in [0.4, 0.5) is 9.59 Å². The number of nitrogens with one attached hydrogen (secondary N) is 4. The number of alkyl carbamates (subject to hydrolysis) is 2. The van der Waals surface area contributed by atoms with Crippen molar-refractivity contribution in [3.8, 4) is 68.7 Å². The predicted octanol–water partition coefficient (Wildman–Crippen LogP) is 17.4. The molecule has 8 atom stereocenters. The second-order valence-electron chi connectivity index (χ2n) is 39.5. The number of piperazine rings is 1. The molecular weight excluding hydrogens is 1780 g/mol. The largest absolute Gasteiger partial charge is 0.469 e. The molecule has 0 aliphatic carbocycles. The highest BCUT2D eigenvalue weighted by molar-refractivity contribution is 6.76. The average molecular weight is 1920 g/mol. The van der Waals surface area contributed by atoms with E-state index in [1.54, 1.807) is 16.0 Å². The van der Waals surface area contributed by atoms with Crippen molar-refractivity contribution in [3.05, 3.63) is 179 Å². The summed E-state index contributed by atoms with van der Waals surface area (Å²) in [4.78, 5) is 155. The first-order valence-electron chi connectivity index (χ1n) is 48.3. The van der Waals surface area contributed by atoms with Crippen LogP contribution in [0.1, 0.15) is 196 Å². The van der Waals surface area contributed by atoms with Crippen molar-refractivity contribution < 1.29 is 76.4 Å². The van der Waals surface area contributed by atoms with E-state index in [9.17, 15) is 43.2 Å². The highest BCUT2D eigenvalue weighted by Gasteiger charge is 2.44. The number of hydrogen-bond donors (Lipinski definition) is 4. The molecule has 0 radical (unpaired) electrons. The second kappa shape index (κ2) is 50.7. The molecule has 32 heteroatoms. The molecule has 138 heavy (non-hydrogen) atoms. The fourth-order valence-corrected chi connectivity index (χ4v) is 19.1. The first kappa shape index (κ1) is 108. The molecule has 4 aliphatic rings. The van der Waals surface area contributed by atoms with E-state index in [0.717, 1.165) is 142 Å². The third-order valence-corrected chi connectivity index (χ3v) is 29.3. The van der Waals surface area contributed by atoms with E-state index in [0.29, 0.717) is 78.2 Å². The lowest BCUT2D eigenvalue weighted by Gasteiger charge is -2.42. The van der Waals surface area contributed by atoms with Crippen LogP contribution in [0.5, 0.6) is 0 Å². The zero-order valence-corrected chi connectivity index (χ0v) is 86.2. The first-order valence-corrected chi connectivity index (χ1v) is 55.7. The molecule has 4 fully saturated rings. The van der Waals surface area contributed by atoms with E-state index in [-0.39, 0.29) is 90.1 Å². The SMILES string of the molecule is CCC(=O)N1CCN(C(=O)[C@@H](CC(=O)OC)C(C)C)[C@H](c2ncc(-c3ccc(C#Cc4ccc(-c5ccc([C@@H]6CCCN6C(=O)[C@@H](NC(=O)OC)C(C)C)[nH]5)cc4)cc3)[nH]2)C1.CN=C=O.COC(=O)C[C@H](C(=O)N1CCCC[C@H]1c1nc(-c2ccc(C#Cc3ccc(-c4ccc([C@@H]5CCCN5C(=O)[C@@H](NC(=O)OC)C(C)C)n4COCC[Si](C)(C)C)cc3)cc2)cn1COCC[Si](C)(C)C)C(C)C. The summed E-state index contributed by atoms with van der Waals surface area (Å²) in [6.45, 7) is 36.2. The fourth-order valence-electron chi connectivity index (χ4n) is 17.6. The van der Waals surface area contributed by atoms with Crippen molar-refractivity contribution in [2.75, 3.05) is 88.0 Å². The summed E-state index contributed by atoms with van der Waals surface area (Å²) in [6, 6.07) is 40.1. The maximum absolute atomic E-state index is 14.3. The number of benzene rings is 4.